The van der Waals surface area contributed by atoms with Gasteiger partial charge in [0.05, 0.1) is 6.54 Å². The van der Waals surface area contributed by atoms with Crippen LogP contribution in [0.15, 0.2) is 24.3 Å². The van der Waals surface area contributed by atoms with Crippen molar-refractivity contribution in [1.82, 2.24) is 10.6 Å². The summed E-state index contributed by atoms with van der Waals surface area (Å²) in [5.41, 5.74) is 6.65. The van der Waals surface area contributed by atoms with Crippen molar-refractivity contribution in [3.63, 3.8) is 0 Å². The summed E-state index contributed by atoms with van der Waals surface area (Å²) in [5.74, 6) is 0.0141. The van der Waals surface area contributed by atoms with Gasteiger partial charge in [-0.3, -0.25) is 9.59 Å². The van der Waals surface area contributed by atoms with Crippen molar-refractivity contribution in [3.8, 4) is 0 Å². The molecule has 0 saturated heterocycles. The molecule has 0 aromatic heterocycles. The topological polar surface area (TPSA) is 84.2 Å². The van der Waals surface area contributed by atoms with E-state index in [4.69, 9.17) is 5.73 Å². The molecule has 0 radical (unpaired) electrons. The van der Waals surface area contributed by atoms with Gasteiger partial charge in [0.1, 0.15) is 0 Å². The summed E-state index contributed by atoms with van der Waals surface area (Å²) >= 11 is 0. The number of carbonyl (C=O) groups excluding carboxylic acids is 2. The van der Waals surface area contributed by atoms with Crippen molar-refractivity contribution in [2.45, 2.75) is 39.7 Å². The van der Waals surface area contributed by atoms with Crippen molar-refractivity contribution < 1.29 is 9.59 Å². The molecule has 4 N–H and O–H groups in total. The lowest BCUT2D eigenvalue weighted by Crippen LogP contribution is -2.43. The van der Waals surface area contributed by atoms with E-state index in [0.717, 1.165) is 12.8 Å². The van der Waals surface area contributed by atoms with E-state index in [0.29, 0.717) is 17.2 Å². The molecule has 1 aromatic carbocycles. The first-order chi connectivity index (χ1) is 9.97. The second-order valence-corrected chi connectivity index (χ2v) is 5.24. The van der Waals surface area contributed by atoms with Gasteiger partial charge in [0.15, 0.2) is 0 Å². The lowest BCUT2D eigenvalue weighted by Gasteiger charge is -2.22. The van der Waals surface area contributed by atoms with Gasteiger partial charge < -0.3 is 16.4 Å². The van der Waals surface area contributed by atoms with Gasteiger partial charge in [0.25, 0.3) is 5.91 Å². The molecular formula is C16H25N3O2. The van der Waals surface area contributed by atoms with E-state index >= 15 is 0 Å². The number of amides is 2. The quantitative estimate of drug-likeness (QED) is 0.671. The van der Waals surface area contributed by atoms with Crippen LogP contribution in [-0.4, -0.2) is 24.4 Å². The maximum atomic E-state index is 11.9. The molecule has 2 amide bonds. The van der Waals surface area contributed by atoms with Crippen molar-refractivity contribution in [2.24, 2.45) is 5.92 Å². The largest absolute Gasteiger partial charge is 0.399 e. The molecule has 116 valence electrons. The number of carbonyl (C=O) groups is 2. The third-order valence-electron chi connectivity index (χ3n) is 3.73. The lowest BCUT2D eigenvalue weighted by atomic mass is 9.95. The number of anilines is 1. The van der Waals surface area contributed by atoms with Crippen LogP contribution in [0.1, 0.15) is 44.0 Å². The molecule has 0 bridgehead atoms. The summed E-state index contributed by atoms with van der Waals surface area (Å²) in [4.78, 5) is 23.7. The maximum Gasteiger partial charge on any atom is 0.251 e. The Morgan fingerprint density at radius 3 is 2.24 bits per heavy atom. The SMILES string of the molecule is CCC(CC)C(C)NC(=O)CNC(=O)c1ccc(N)cc1. The lowest BCUT2D eigenvalue weighted by molar-refractivity contribution is -0.121. The number of nitrogens with two attached hydrogens (primary N) is 1. The van der Waals surface area contributed by atoms with E-state index in [-0.39, 0.29) is 24.4 Å². The zero-order chi connectivity index (χ0) is 15.8. The Labute approximate surface area is 126 Å². The van der Waals surface area contributed by atoms with Crippen molar-refractivity contribution in [3.05, 3.63) is 29.8 Å². The normalized spacial score (nSPS) is 12.0. The van der Waals surface area contributed by atoms with Crippen LogP contribution < -0.4 is 16.4 Å². The fourth-order valence-electron chi connectivity index (χ4n) is 2.32. The summed E-state index contributed by atoms with van der Waals surface area (Å²) in [5, 5.41) is 5.53. The third-order valence-corrected chi connectivity index (χ3v) is 3.73. The molecule has 0 heterocycles. The number of benzene rings is 1. The van der Waals surface area contributed by atoms with Gasteiger partial charge in [0, 0.05) is 17.3 Å². The number of nitrogens with one attached hydrogen (secondary N) is 2. The highest BCUT2D eigenvalue weighted by atomic mass is 16.2. The number of hydrogen-bond donors (Lipinski definition) is 3. The van der Waals surface area contributed by atoms with Crippen molar-refractivity contribution >= 4 is 17.5 Å². The highest BCUT2D eigenvalue weighted by molar-refractivity contribution is 5.96. The second kappa shape index (κ2) is 8.29. The molecule has 1 unspecified atom stereocenters. The predicted octanol–water partition coefficient (Wildman–Crippen LogP) is 1.94. The van der Waals surface area contributed by atoms with Crippen LogP contribution in [0.25, 0.3) is 0 Å². The molecule has 1 atom stereocenters. The molecule has 5 heteroatoms. The van der Waals surface area contributed by atoms with Crippen molar-refractivity contribution in [1.29, 1.82) is 0 Å². The molecule has 21 heavy (non-hydrogen) atoms. The van der Waals surface area contributed by atoms with E-state index in [1.165, 1.54) is 0 Å². The monoisotopic (exact) mass is 291 g/mol. The standard InChI is InChI=1S/C16H25N3O2/c1-4-12(5-2)11(3)19-15(20)10-18-16(21)13-6-8-14(17)9-7-13/h6-9,11-12H,4-5,10,17H2,1-3H3,(H,18,21)(H,19,20). The molecule has 0 aliphatic rings. The van der Waals surface area contributed by atoms with Gasteiger partial charge >= 0.3 is 0 Å². The Balaban J connectivity index is 2.42. The molecule has 1 rings (SSSR count). The fourth-order valence-corrected chi connectivity index (χ4v) is 2.32. The van der Waals surface area contributed by atoms with Crippen LogP contribution in [0.4, 0.5) is 5.69 Å². The molecule has 0 fully saturated rings. The van der Waals surface area contributed by atoms with E-state index in [9.17, 15) is 9.59 Å². The van der Waals surface area contributed by atoms with Gasteiger partial charge in [-0.05, 0) is 37.1 Å². The molecule has 0 aliphatic heterocycles. The number of rotatable bonds is 7. The van der Waals surface area contributed by atoms with E-state index < -0.39 is 0 Å². The van der Waals surface area contributed by atoms with Gasteiger partial charge in [0.2, 0.25) is 5.91 Å². The highest BCUT2D eigenvalue weighted by Crippen LogP contribution is 2.12. The summed E-state index contributed by atoms with van der Waals surface area (Å²) in [6.45, 7) is 6.20. The summed E-state index contributed by atoms with van der Waals surface area (Å²) in [7, 11) is 0. The average Bonchev–Trinajstić information content (AvgIpc) is 2.46. The predicted molar refractivity (Wildman–Crippen MR) is 84.9 cm³/mol. The van der Waals surface area contributed by atoms with Gasteiger partial charge in [-0.2, -0.15) is 0 Å². The molecule has 0 spiro atoms. The number of nitrogen functional groups attached to an aromatic ring is 1. The third kappa shape index (κ3) is 5.45. The highest BCUT2D eigenvalue weighted by Gasteiger charge is 2.16. The molecule has 5 nitrogen and oxygen atoms in total. The minimum Gasteiger partial charge on any atom is -0.399 e. The van der Waals surface area contributed by atoms with Gasteiger partial charge in [-0.25, -0.2) is 0 Å². The first-order valence-electron chi connectivity index (χ1n) is 7.41. The fraction of sp³-hybridized carbons (Fsp3) is 0.500. The Morgan fingerprint density at radius 1 is 1.14 bits per heavy atom. The Hall–Kier alpha value is -2.04. The van der Waals surface area contributed by atoms with Crippen LogP contribution in [0.5, 0.6) is 0 Å². The summed E-state index contributed by atoms with van der Waals surface area (Å²) in [6.07, 6.45) is 2.05. The first-order valence-corrected chi connectivity index (χ1v) is 7.41. The first kappa shape index (κ1) is 17.0. The zero-order valence-electron chi connectivity index (χ0n) is 13.0. The molecule has 1 aromatic rings. The zero-order valence-corrected chi connectivity index (χ0v) is 13.0. The van der Waals surface area contributed by atoms with E-state index in [1.54, 1.807) is 24.3 Å². The van der Waals surface area contributed by atoms with Gasteiger partial charge in [-0.1, -0.05) is 26.7 Å². The maximum absolute atomic E-state index is 11.9. The molecule has 0 aliphatic carbocycles. The molecule has 0 saturated carbocycles. The summed E-state index contributed by atoms with van der Waals surface area (Å²) < 4.78 is 0. The van der Waals surface area contributed by atoms with Gasteiger partial charge in [-0.15, -0.1) is 0 Å². The van der Waals surface area contributed by atoms with Crippen LogP contribution in [0.3, 0.4) is 0 Å². The van der Waals surface area contributed by atoms with Crippen LogP contribution in [0, 0.1) is 5.92 Å². The minimum atomic E-state index is -0.277. The van der Waals surface area contributed by atoms with E-state index in [2.05, 4.69) is 24.5 Å². The Kier molecular flexibility index (Phi) is 6.72. The summed E-state index contributed by atoms with van der Waals surface area (Å²) in [6, 6.07) is 6.69. The molecular weight excluding hydrogens is 266 g/mol. The second-order valence-electron chi connectivity index (χ2n) is 5.24. The van der Waals surface area contributed by atoms with Crippen LogP contribution >= 0.6 is 0 Å². The van der Waals surface area contributed by atoms with Crippen LogP contribution in [0.2, 0.25) is 0 Å². The Bertz CT molecular complexity index is 467. The minimum absolute atomic E-state index is 0.0201. The van der Waals surface area contributed by atoms with E-state index in [1.807, 2.05) is 6.92 Å². The average molecular weight is 291 g/mol. The smallest absolute Gasteiger partial charge is 0.251 e. The number of hydrogen-bond acceptors (Lipinski definition) is 3. The van der Waals surface area contributed by atoms with Crippen molar-refractivity contribution in [2.75, 3.05) is 12.3 Å². The van der Waals surface area contributed by atoms with Crippen LogP contribution in [-0.2, 0) is 4.79 Å². The Morgan fingerprint density at radius 2 is 1.71 bits per heavy atom.